The summed E-state index contributed by atoms with van der Waals surface area (Å²) in [5.41, 5.74) is 0.838. The molecular weight excluding hydrogens is 518 g/mol. The van der Waals surface area contributed by atoms with Crippen molar-refractivity contribution in [2.24, 2.45) is 5.92 Å². The summed E-state index contributed by atoms with van der Waals surface area (Å²) in [5, 5.41) is 9.63. The van der Waals surface area contributed by atoms with Crippen LogP contribution in [0.25, 0.3) is 0 Å². The minimum atomic E-state index is -1.19. The Balaban J connectivity index is 1.63. The molecule has 39 heavy (non-hydrogen) atoms. The summed E-state index contributed by atoms with van der Waals surface area (Å²) in [4.78, 5) is 41.1. The fourth-order valence-electron chi connectivity index (χ4n) is 4.56. The molecule has 0 atom stereocenters. The van der Waals surface area contributed by atoms with E-state index in [2.05, 4.69) is 19.9 Å². The van der Waals surface area contributed by atoms with E-state index in [0.717, 1.165) is 5.69 Å². The van der Waals surface area contributed by atoms with Gasteiger partial charge < -0.3 is 19.4 Å². The fourth-order valence-corrected chi connectivity index (χ4v) is 4.69. The molecule has 0 aliphatic carbocycles. The van der Waals surface area contributed by atoms with Crippen molar-refractivity contribution in [2.75, 3.05) is 25.1 Å². The van der Waals surface area contributed by atoms with Gasteiger partial charge in [0.25, 0.3) is 11.5 Å². The van der Waals surface area contributed by atoms with Crippen LogP contribution in [0.1, 0.15) is 44.5 Å². The number of nitrogens with zero attached hydrogens (tertiary/aromatic N) is 5. The number of carbonyl (C=O) groups is 1. The summed E-state index contributed by atoms with van der Waals surface area (Å²) in [5.74, 6) is 0.865. The Morgan fingerprint density at radius 1 is 1.18 bits per heavy atom. The smallest absolute Gasteiger partial charge is 0.293 e. The van der Waals surface area contributed by atoms with Gasteiger partial charge in [-0.1, -0.05) is 25.4 Å². The molecule has 4 rings (SSSR count). The molecule has 1 aliphatic rings. The molecule has 2 heterocycles. The van der Waals surface area contributed by atoms with E-state index in [-0.39, 0.29) is 23.9 Å². The van der Waals surface area contributed by atoms with E-state index in [0.29, 0.717) is 53.1 Å². The van der Waals surface area contributed by atoms with Gasteiger partial charge in [0, 0.05) is 30.2 Å². The molecule has 10 heteroatoms. The lowest BCUT2D eigenvalue weighted by atomic mass is 10.0. The molecule has 0 saturated carbocycles. The maximum Gasteiger partial charge on any atom is 0.293 e. The van der Waals surface area contributed by atoms with Crippen LogP contribution in [-0.2, 0) is 17.8 Å². The highest BCUT2D eigenvalue weighted by molar-refractivity contribution is 6.30. The average molecular weight is 550 g/mol. The highest BCUT2D eigenvalue weighted by Gasteiger charge is 2.37. The summed E-state index contributed by atoms with van der Waals surface area (Å²) in [7, 11) is 1.43. The maximum atomic E-state index is 13.7. The largest absolute Gasteiger partial charge is 0.478 e. The molecule has 0 fully saturated rings. The van der Waals surface area contributed by atoms with Crippen LogP contribution >= 0.6 is 11.6 Å². The zero-order valence-electron chi connectivity index (χ0n) is 22.8. The summed E-state index contributed by atoms with van der Waals surface area (Å²) in [6, 6.07) is 16.0. The minimum Gasteiger partial charge on any atom is -0.478 e. The topological polar surface area (TPSA) is 101 Å². The lowest BCUT2D eigenvalue weighted by Gasteiger charge is -2.35. The van der Waals surface area contributed by atoms with E-state index in [4.69, 9.17) is 31.4 Å². The molecule has 3 aromatic rings. The molecule has 0 radical (unpaired) electrons. The van der Waals surface area contributed by atoms with Gasteiger partial charge in [0.2, 0.25) is 5.95 Å². The quantitative estimate of drug-likeness (QED) is 0.411. The Morgan fingerprint density at radius 2 is 1.85 bits per heavy atom. The van der Waals surface area contributed by atoms with Gasteiger partial charge in [0.05, 0.1) is 29.4 Å². The van der Waals surface area contributed by atoms with Gasteiger partial charge in [-0.15, -0.1) is 4.73 Å². The first-order chi connectivity index (χ1) is 18.5. The van der Waals surface area contributed by atoms with E-state index in [9.17, 15) is 9.59 Å². The predicted octanol–water partition coefficient (Wildman–Crippen LogP) is 4.36. The first-order valence-corrected chi connectivity index (χ1v) is 13.1. The predicted molar refractivity (Wildman–Crippen MR) is 149 cm³/mol. The van der Waals surface area contributed by atoms with Crippen LogP contribution in [-0.4, -0.2) is 46.3 Å². The van der Waals surface area contributed by atoms with Crippen molar-refractivity contribution in [3.8, 4) is 11.8 Å². The zero-order valence-corrected chi connectivity index (χ0v) is 23.5. The Morgan fingerprint density at radius 3 is 2.44 bits per heavy atom. The number of carbonyl (C=O) groups excluding carboxylic acids is 1. The Bertz CT molecular complexity index is 1440. The Labute approximate surface area is 233 Å². The molecule has 0 saturated heterocycles. The van der Waals surface area contributed by atoms with Gasteiger partial charge in [0.1, 0.15) is 12.9 Å². The van der Waals surface area contributed by atoms with E-state index >= 15 is 0 Å². The van der Waals surface area contributed by atoms with Crippen molar-refractivity contribution < 1.29 is 14.4 Å². The molecule has 0 unspecified atom stereocenters. The number of anilines is 2. The standard InChI is InChI=1S/C29H32ClN5O4/c1-19(2)17-34(22-10-8-21(30)9-11-22)28-32-25-14-15-33(18-24(25)26(36)35(28)38-5)27(37)29(3,4)39-23-12-6-20(16-31)7-13-23/h6-13,19H,14-15,17-18H2,1-5H3. The highest BCUT2D eigenvalue weighted by atomic mass is 35.5. The molecule has 1 amide bonds. The SMILES string of the molecule is COn1c(N(CC(C)C)c2ccc(Cl)cc2)nc2c(c1=O)CN(C(=O)C(C)(C)Oc1ccc(C#N)cc1)CC2. The fraction of sp³-hybridized carbons (Fsp3) is 0.379. The number of benzene rings is 2. The van der Waals surface area contributed by atoms with Crippen molar-refractivity contribution in [2.45, 2.75) is 46.3 Å². The number of ether oxygens (including phenoxy) is 1. The third kappa shape index (κ3) is 6.02. The first-order valence-electron chi connectivity index (χ1n) is 12.7. The average Bonchev–Trinajstić information content (AvgIpc) is 2.92. The molecule has 1 aliphatic heterocycles. The molecule has 0 N–H and O–H groups in total. The van der Waals surface area contributed by atoms with E-state index in [1.165, 1.54) is 11.8 Å². The number of halogens is 1. The number of hydrogen-bond donors (Lipinski definition) is 0. The molecule has 2 aromatic carbocycles. The van der Waals surface area contributed by atoms with Gasteiger partial charge >= 0.3 is 0 Å². The normalized spacial score (nSPS) is 13.0. The number of hydrogen-bond acceptors (Lipinski definition) is 7. The number of nitriles is 1. The number of rotatable bonds is 8. The van der Waals surface area contributed by atoms with Gasteiger partial charge in [-0.05, 0) is 68.3 Å². The summed E-state index contributed by atoms with van der Waals surface area (Å²) in [6.45, 7) is 8.63. The molecule has 0 bridgehead atoms. The van der Waals surface area contributed by atoms with Crippen LogP contribution in [0.5, 0.6) is 5.75 Å². The van der Waals surface area contributed by atoms with E-state index < -0.39 is 5.60 Å². The molecular formula is C29H32ClN5O4. The van der Waals surface area contributed by atoms with Crippen molar-refractivity contribution in [3.63, 3.8) is 0 Å². The summed E-state index contributed by atoms with van der Waals surface area (Å²) >= 11 is 6.11. The Kier molecular flexibility index (Phi) is 8.17. The van der Waals surface area contributed by atoms with Crippen LogP contribution in [0.4, 0.5) is 11.6 Å². The van der Waals surface area contributed by atoms with Crippen molar-refractivity contribution in [1.29, 1.82) is 5.26 Å². The van der Waals surface area contributed by atoms with Crippen LogP contribution in [0, 0.1) is 17.2 Å². The van der Waals surface area contributed by atoms with E-state index in [1.807, 2.05) is 17.0 Å². The van der Waals surface area contributed by atoms with Gasteiger partial charge in [-0.25, -0.2) is 4.98 Å². The zero-order chi connectivity index (χ0) is 28.3. The Hall–Kier alpha value is -4.03. The second-order valence-electron chi connectivity index (χ2n) is 10.3. The number of amides is 1. The molecule has 9 nitrogen and oxygen atoms in total. The van der Waals surface area contributed by atoms with Crippen LogP contribution < -0.4 is 20.0 Å². The first kappa shape index (κ1) is 28.0. The van der Waals surface area contributed by atoms with Gasteiger partial charge in [-0.2, -0.15) is 5.26 Å². The number of aromatic nitrogens is 2. The van der Waals surface area contributed by atoms with Crippen LogP contribution in [0.15, 0.2) is 53.3 Å². The number of fused-ring (bicyclic) bond motifs is 1. The lowest BCUT2D eigenvalue weighted by Crippen LogP contribution is -2.52. The monoisotopic (exact) mass is 549 g/mol. The van der Waals surface area contributed by atoms with Gasteiger partial charge in [0.15, 0.2) is 5.60 Å². The van der Waals surface area contributed by atoms with Crippen molar-refractivity contribution >= 4 is 29.1 Å². The lowest BCUT2D eigenvalue weighted by molar-refractivity contribution is -0.146. The third-order valence-corrected chi connectivity index (χ3v) is 6.70. The molecule has 0 spiro atoms. The van der Waals surface area contributed by atoms with E-state index in [1.54, 1.807) is 55.1 Å². The van der Waals surface area contributed by atoms with Crippen molar-refractivity contribution in [1.82, 2.24) is 14.6 Å². The summed E-state index contributed by atoms with van der Waals surface area (Å²) in [6.07, 6.45) is 0.414. The minimum absolute atomic E-state index is 0.0922. The van der Waals surface area contributed by atoms with Crippen LogP contribution in [0.3, 0.4) is 0 Å². The van der Waals surface area contributed by atoms with Gasteiger partial charge in [-0.3, -0.25) is 9.59 Å². The third-order valence-electron chi connectivity index (χ3n) is 6.44. The second-order valence-corrected chi connectivity index (χ2v) is 10.8. The second kappa shape index (κ2) is 11.4. The van der Waals surface area contributed by atoms with Crippen LogP contribution in [0.2, 0.25) is 5.02 Å². The molecule has 204 valence electrons. The van der Waals surface area contributed by atoms with Crippen molar-refractivity contribution in [3.05, 3.63) is 80.7 Å². The molecule has 1 aromatic heterocycles. The maximum absolute atomic E-state index is 13.7. The summed E-state index contributed by atoms with van der Waals surface area (Å²) < 4.78 is 7.17. The highest BCUT2D eigenvalue weighted by Crippen LogP contribution is 2.28.